The first kappa shape index (κ1) is 14.9. The van der Waals surface area contributed by atoms with E-state index in [9.17, 15) is 0 Å². The van der Waals surface area contributed by atoms with Crippen molar-refractivity contribution < 1.29 is 30.6 Å². The average molecular weight is 221 g/mol. The number of rotatable bonds is 0. The second kappa shape index (κ2) is 9.50. The molecule has 0 saturated carbocycles. The van der Waals surface area contributed by atoms with Crippen LogP contribution >= 0.6 is 8.19 Å². The van der Waals surface area contributed by atoms with Crippen molar-refractivity contribution in [2.45, 2.75) is 13.8 Å². The van der Waals surface area contributed by atoms with Crippen molar-refractivity contribution in [1.29, 1.82) is 0 Å². The van der Waals surface area contributed by atoms with Crippen LogP contribution in [0.2, 0.25) is 0 Å². The van der Waals surface area contributed by atoms with Gasteiger partial charge in [0.1, 0.15) is 0 Å². The van der Waals surface area contributed by atoms with E-state index in [1.165, 1.54) is 11.1 Å². The Morgan fingerprint density at radius 2 is 1.58 bits per heavy atom. The van der Waals surface area contributed by atoms with Crippen LogP contribution in [-0.2, 0) is 20.4 Å². The van der Waals surface area contributed by atoms with E-state index in [4.69, 9.17) is 10.2 Å². The van der Waals surface area contributed by atoms with Gasteiger partial charge in [-0.25, -0.2) is 0 Å². The summed E-state index contributed by atoms with van der Waals surface area (Å²) in [5.41, 5.74) is 2.98. The molecule has 0 amide bonds. The Balaban J connectivity index is 0. The SMILES string of the molecule is C[O-].C[O-].Cc1c[pH][c]([Ti+2])c1C. The summed E-state index contributed by atoms with van der Waals surface area (Å²) in [6.45, 7) is 4.38. The Morgan fingerprint density at radius 1 is 1.17 bits per heavy atom. The third-order valence-corrected chi connectivity index (χ3v) is 3.90. The van der Waals surface area contributed by atoms with Gasteiger partial charge in [-0.3, -0.25) is 0 Å². The van der Waals surface area contributed by atoms with E-state index in [-0.39, 0.29) is 0 Å². The molecule has 2 nitrogen and oxygen atoms in total. The first-order valence-electron chi connectivity index (χ1n) is 3.39. The Bertz CT molecular complexity index is 179. The summed E-state index contributed by atoms with van der Waals surface area (Å²) in [5.74, 6) is 2.31. The van der Waals surface area contributed by atoms with Gasteiger partial charge in [-0.15, -0.1) is 0 Å². The first-order valence-corrected chi connectivity index (χ1v) is 5.25. The van der Waals surface area contributed by atoms with E-state index in [0.29, 0.717) is 0 Å². The molecule has 0 aromatic carbocycles. The van der Waals surface area contributed by atoms with Crippen LogP contribution < -0.4 is 13.8 Å². The fraction of sp³-hybridized carbons (Fsp3) is 0.500. The summed E-state index contributed by atoms with van der Waals surface area (Å²) in [7, 11) is 2.46. The molecule has 1 unspecified atom stereocenters. The van der Waals surface area contributed by atoms with Crippen molar-refractivity contribution in [1.82, 2.24) is 0 Å². The van der Waals surface area contributed by atoms with Crippen LogP contribution in [0.3, 0.4) is 0 Å². The molecule has 0 fully saturated rings. The standard InChI is InChI=1S/C6H8P.2CH3O.Ti/c1-5-3-7-4-6(5)2;2*1-2;/h3,7H,1-2H3;2*1H3;/q;2*-1;+2. The normalized spacial score (nSPS) is 8.33. The monoisotopic (exact) mass is 221 g/mol. The van der Waals surface area contributed by atoms with Gasteiger partial charge in [0.15, 0.2) is 0 Å². The summed E-state index contributed by atoms with van der Waals surface area (Å²) in [5, 5.41) is 16.5. The maximum atomic E-state index is 8.25. The van der Waals surface area contributed by atoms with E-state index in [1.807, 2.05) is 0 Å². The summed E-state index contributed by atoms with van der Waals surface area (Å²) >= 11 is 2.21. The Morgan fingerprint density at radius 3 is 1.67 bits per heavy atom. The Hall–Kier alpha value is 0.414. The fourth-order valence-corrected chi connectivity index (χ4v) is 2.23. The molecule has 67 valence electrons. The molecule has 0 spiro atoms. The number of hydrogen-bond donors (Lipinski definition) is 0. The van der Waals surface area contributed by atoms with Gasteiger partial charge in [-0.05, 0) is 0 Å². The van der Waals surface area contributed by atoms with Gasteiger partial charge in [-0.2, -0.15) is 14.2 Å². The molecule has 0 aliphatic heterocycles. The molecule has 0 aliphatic rings. The zero-order valence-corrected chi connectivity index (χ0v) is 10.5. The summed E-state index contributed by atoms with van der Waals surface area (Å²) in [6, 6.07) is 0. The topological polar surface area (TPSA) is 46.1 Å². The van der Waals surface area contributed by atoms with E-state index < -0.39 is 0 Å². The van der Waals surface area contributed by atoms with E-state index in [1.54, 1.807) is 3.60 Å². The van der Waals surface area contributed by atoms with Crippen molar-refractivity contribution in [3.8, 4) is 0 Å². The van der Waals surface area contributed by atoms with Gasteiger partial charge in [0.05, 0.1) is 0 Å². The molecule has 0 bridgehead atoms. The Labute approximate surface area is 87.5 Å². The van der Waals surface area contributed by atoms with Crippen molar-refractivity contribution >= 4 is 11.8 Å². The second-order valence-corrected chi connectivity index (χ2v) is 4.61. The van der Waals surface area contributed by atoms with Crippen molar-refractivity contribution in [3.05, 3.63) is 16.9 Å². The van der Waals surface area contributed by atoms with Crippen LogP contribution in [0.25, 0.3) is 0 Å². The zero-order chi connectivity index (χ0) is 10.1. The Kier molecular flexibility index (Phi) is 11.8. The molecule has 1 heterocycles. The summed E-state index contributed by atoms with van der Waals surface area (Å²) < 4.78 is 1.56. The minimum atomic E-state index is 0.750. The number of aryl methyl sites for hydroxylation is 1. The quantitative estimate of drug-likeness (QED) is 0.552. The van der Waals surface area contributed by atoms with Crippen molar-refractivity contribution in [2.24, 2.45) is 0 Å². The predicted octanol–water partition coefficient (Wildman–Crippen LogP) is -0.540. The molecule has 12 heavy (non-hydrogen) atoms. The molecule has 1 atom stereocenters. The molecule has 0 radical (unpaired) electrons. The summed E-state index contributed by atoms with van der Waals surface area (Å²) in [4.78, 5) is 0. The van der Waals surface area contributed by atoms with Gasteiger partial charge in [0.2, 0.25) is 0 Å². The molecule has 4 heteroatoms. The third-order valence-electron chi connectivity index (χ3n) is 1.40. The van der Waals surface area contributed by atoms with Gasteiger partial charge >= 0.3 is 63.0 Å². The van der Waals surface area contributed by atoms with E-state index >= 15 is 0 Å². The molecular weight excluding hydrogens is 207 g/mol. The van der Waals surface area contributed by atoms with Gasteiger partial charge in [0, 0.05) is 0 Å². The summed E-state index contributed by atoms with van der Waals surface area (Å²) in [6.07, 6.45) is 0. The van der Waals surface area contributed by atoms with Gasteiger partial charge < -0.3 is 10.2 Å². The molecule has 0 saturated heterocycles. The molecule has 1 aromatic rings. The van der Waals surface area contributed by atoms with E-state index in [0.717, 1.165) is 22.4 Å². The number of hydrogen-bond acceptors (Lipinski definition) is 2. The van der Waals surface area contributed by atoms with Crippen molar-refractivity contribution in [3.63, 3.8) is 0 Å². The van der Waals surface area contributed by atoms with Crippen LogP contribution in [0.15, 0.2) is 5.80 Å². The average Bonchev–Trinajstić information content (AvgIpc) is 2.43. The van der Waals surface area contributed by atoms with Crippen LogP contribution in [0.4, 0.5) is 0 Å². The first-order chi connectivity index (χ1) is 5.72. The third kappa shape index (κ3) is 5.13. The maximum absolute atomic E-state index is 8.25. The minimum absolute atomic E-state index is 0.750. The van der Waals surface area contributed by atoms with Crippen LogP contribution in [-0.4, -0.2) is 14.2 Å². The fourth-order valence-electron chi connectivity index (χ4n) is 0.594. The van der Waals surface area contributed by atoms with Crippen LogP contribution in [0.1, 0.15) is 11.1 Å². The molecule has 1 aromatic heterocycles. The van der Waals surface area contributed by atoms with Crippen LogP contribution in [0.5, 0.6) is 0 Å². The molecular formula is C8H14O2PTi. The molecule has 0 N–H and O–H groups in total. The molecule has 0 aliphatic carbocycles. The van der Waals surface area contributed by atoms with Crippen LogP contribution in [0, 0.1) is 13.8 Å². The van der Waals surface area contributed by atoms with Crippen molar-refractivity contribution in [2.75, 3.05) is 14.2 Å². The van der Waals surface area contributed by atoms with Gasteiger partial charge in [0.25, 0.3) is 0 Å². The zero-order valence-electron chi connectivity index (χ0n) is 7.89. The molecule has 1 rings (SSSR count). The van der Waals surface area contributed by atoms with E-state index in [2.05, 4.69) is 40.1 Å². The predicted molar refractivity (Wildman–Crippen MR) is 46.9 cm³/mol. The second-order valence-electron chi connectivity index (χ2n) is 1.97. The van der Waals surface area contributed by atoms with Gasteiger partial charge in [-0.1, -0.05) is 0 Å².